The van der Waals surface area contributed by atoms with Gasteiger partial charge < -0.3 is 0 Å². The Labute approximate surface area is 95.1 Å². The van der Waals surface area contributed by atoms with Crippen LogP contribution in [0.2, 0.25) is 0 Å². The minimum Gasteiger partial charge on any atom is -0.192 e. The highest BCUT2D eigenvalue weighted by molar-refractivity contribution is 9.10. The lowest BCUT2D eigenvalue weighted by Gasteiger charge is -2.00. The average molecular weight is 266 g/mol. The number of benzene rings is 1. The van der Waals surface area contributed by atoms with Gasteiger partial charge in [-0.25, -0.2) is 0 Å². The summed E-state index contributed by atoms with van der Waals surface area (Å²) in [6, 6.07) is 6.32. The number of aryl methyl sites for hydroxylation is 1. The molecule has 0 radical (unpaired) electrons. The van der Waals surface area contributed by atoms with Gasteiger partial charge in [-0.3, -0.25) is 0 Å². The van der Waals surface area contributed by atoms with E-state index in [1.165, 1.54) is 4.70 Å². The molecule has 0 fully saturated rings. The third kappa shape index (κ3) is 1.45. The molecule has 0 aliphatic carbocycles. The highest BCUT2D eigenvalue weighted by Crippen LogP contribution is 2.32. The lowest BCUT2D eigenvalue weighted by molar-refractivity contribution is 1.13. The second-order valence-corrected chi connectivity index (χ2v) is 4.82. The smallest absolute Gasteiger partial charge is 0.0994 e. The molecule has 1 nitrogen and oxygen atoms in total. The first-order valence-corrected chi connectivity index (χ1v) is 6.03. The zero-order valence-electron chi connectivity index (χ0n) is 7.67. The average Bonchev–Trinajstić information content (AvgIpc) is 2.58. The molecule has 0 bridgehead atoms. The van der Waals surface area contributed by atoms with Gasteiger partial charge in [-0.2, -0.15) is 5.26 Å². The Balaban J connectivity index is 2.79. The normalized spacial score (nSPS) is 10.4. The van der Waals surface area contributed by atoms with Crippen molar-refractivity contribution >= 4 is 37.4 Å². The lowest BCUT2D eigenvalue weighted by Crippen LogP contribution is -1.86. The number of nitriles is 1. The first kappa shape index (κ1) is 9.70. The Morgan fingerprint density at radius 2 is 2.29 bits per heavy atom. The topological polar surface area (TPSA) is 23.8 Å². The Morgan fingerprint density at radius 3 is 2.93 bits per heavy atom. The van der Waals surface area contributed by atoms with Gasteiger partial charge in [-0.05, 0) is 40.0 Å². The fraction of sp³-hybridized carbons (Fsp3) is 0.182. The van der Waals surface area contributed by atoms with E-state index in [-0.39, 0.29) is 0 Å². The zero-order chi connectivity index (χ0) is 10.1. The van der Waals surface area contributed by atoms with Crippen LogP contribution in [-0.2, 0) is 6.42 Å². The van der Waals surface area contributed by atoms with Crippen LogP contribution in [0.5, 0.6) is 0 Å². The summed E-state index contributed by atoms with van der Waals surface area (Å²) < 4.78 is 2.32. The molecule has 2 rings (SSSR count). The molecule has 1 aromatic carbocycles. The van der Waals surface area contributed by atoms with E-state index < -0.39 is 0 Å². The fourth-order valence-electron chi connectivity index (χ4n) is 1.48. The maximum Gasteiger partial charge on any atom is 0.0994 e. The van der Waals surface area contributed by atoms with Crippen LogP contribution in [0.4, 0.5) is 0 Å². The highest BCUT2D eigenvalue weighted by Gasteiger charge is 2.06. The van der Waals surface area contributed by atoms with Crippen LogP contribution in [0, 0.1) is 11.3 Å². The van der Waals surface area contributed by atoms with Crippen molar-refractivity contribution in [2.75, 3.05) is 0 Å². The zero-order valence-corrected chi connectivity index (χ0v) is 10.1. The van der Waals surface area contributed by atoms with Crippen molar-refractivity contribution in [3.8, 4) is 6.07 Å². The van der Waals surface area contributed by atoms with Gasteiger partial charge in [0.2, 0.25) is 0 Å². The molecule has 0 amide bonds. The van der Waals surface area contributed by atoms with Crippen molar-refractivity contribution in [2.45, 2.75) is 13.3 Å². The minimum atomic E-state index is 0.791. The molecule has 3 heteroatoms. The van der Waals surface area contributed by atoms with E-state index in [4.69, 9.17) is 5.26 Å². The number of thiophene rings is 1. The SMILES string of the molecule is CCc1cc2scc(Br)c2cc1C#N. The second-order valence-electron chi connectivity index (χ2n) is 3.05. The van der Waals surface area contributed by atoms with Gasteiger partial charge in [0, 0.05) is 19.9 Å². The van der Waals surface area contributed by atoms with E-state index >= 15 is 0 Å². The Hall–Kier alpha value is -0.850. The van der Waals surface area contributed by atoms with E-state index in [9.17, 15) is 0 Å². The molecule has 0 saturated heterocycles. The molecule has 2 aromatic rings. The van der Waals surface area contributed by atoms with Crippen LogP contribution in [0.3, 0.4) is 0 Å². The maximum absolute atomic E-state index is 8.98. The molecule has 14 heavy (non-hydrogen) atoms. The van der Waals surface area contributed by atoms with Gasteiger partial charge in [0.1, 0.15) is 0 Å². The quantitative estimate of drug-likeness (QED) is 0.762. The van der Waals surface area contributed by atoms with Crippen molar-refractivity contribution in [2.24, 2.45) is 0 Å². The number of hydrogen-bond acceptors (Lipinski definition) is 2. The summed E-state index contributed by atoms with van der Waals surface area (Å²) in [6.45, 7) is 2.07. The molecule has 0 aliphatic rings. The first-order valence-electron chi connectivity index (χ1n) is 4.36. The summed E-state index contributed by atoms with van der Waals surface area (Å²) in [7, 11) is 0. The largest absolute Gasteiger partial charge is 0.192 e. The molecule has 0 atom stereocenters. The van der Waals surface area contributed by atoms with E-state index in [1.54, 1.807) is 11.3 Å². The molecule has 1 heterocycles. The number of halogens is 1. The molecule has 70 valence electrons. The summed E-state index contributed by atoms with van der Waals surface area (Å²) in [5, 5.41) is 12.2. The van der Waals surface area contributed by atoms with Gasteiger partial charge in [0.05, 0.1) is 11.6 Å². The standard InChI is InChI=1S/C11H8BrNS/c1-2-7-4-11-9(3-8(7)5-13)10(12)6-14-11/h3-4,6H,2H2,1H3. The predicted molar refractivity (Wildman–Crippen MR) is 63.6 cm³/mol. The van der Waals surface area contributed by atoms with E-state index in [1.807, 2.05) is 6.07 Å². The minimum absolute atomic E-state index is 0.791. The number of hydrogen-bond donors (Lipinski definition) is 0. The van der Waals surface area contributed by atoms with Gasteiger partial charge in [0.25, 0.3) is 0 Å². The molecule has 0 unspecified atom stereocenters. The van der Waals surface area contributed by atoms with Gasteiger partial charge in [0.15, 0.2) is 0 Å². The first-order chi connectivity index (χ1) is 6.76. The van der Waals surface area contributed by atoms with Crippen LogP contribution in [0.15, 0.2) is 22.0 Å². The molecular formula is C11H8BrNS. The highest BCUT2D eigenvalue weighted by atomic mass is 79.9. The lowest BCUT2D eigenvalue weighted by atomic mass is 10.0. The maximum atomic E-state index is 8.98. The number of nitrogens with zero attached hydrogens (tertiary/aromatic N) is 1. The number of rotatable bonds is 1. The molecule has 0 N–H and O–H groups in total. The van der Waals surface area contributed by atoms with Crippen molar-refractivity contribution in [1.29, 1.82) is 5.26 Å². The molecule has 0 aliphatic heterocycles. The molecule has 0 saturated carbocycles. The third-order valence-electron chi connectivity index (χ3n) is 2.25. The van der Waals surface area contributed by atoms with Crippen molar-refractivity contribution in [1.82, 2.24) is 0 Å². The number of fused-ring (bicyclic) bond motifs is 1. The Kier molecular flexibility index (Phi) is 2.58. The summed E-state index contributed by atoms with van der Waals surface area (Å²) in [4.78, 5) is 0. The van der Waals surface area contributed by atoms with Crippen LogP contribution >= 0.6 is 27.3 Å². The van der Waals surface area contributed by atoms with Crippen molar-refractivity contribution in [3.63, 3.8) is 0 Å². The summed E-state index contributed by atoms with van der Waals surface area (Å²) in [5.74, 6) is 0. The molecular weight excluding hydrogens is 258 g/mol. The summed E-state index contributed by atoms with van der Waals surface area (Å²) in [6.07, 6.45) is 0.911. The van der Waals surface area contributed by atoms with Crippen LogP contribution in [-0.4, -0.2) is 0 Å². The molecule has 1 aromatic heterocycles. The van der Waals surface area contributed by atoms with Gasteiger partial charge in [-0.1, -0.05) is 6.92 Å². The molecule has 0 spiro atoms. The van der Waals surface area contributed by atoms with Crippen LogP contribution in [0.25, 0.3) is 10.1 Å². The van der Waals surface area contributed by atoms with Crippen molar-refractivity contribution in [3.05, 3.63) is 33.1 Å². The van der Waals surface area contributed by atoms with Crippen molar-refractivity contribution < 1.29 is 0 Å². The van der Waals surface area contributed by atoms with Crippen LogP contribution < -0.4 is 0 Å². The monoisotopic (exact) mass is 265 g/mol. The van der Waals surface area contributed by atoms with Crippen LogP contribution in [0.1, 0.15) is 18.1 Å². The third-order valence-corrected chi connectivity index (χ3v) is 4.16. The predicted octanol–water partition coefficient (Wildman–Crippen LogP) is 4.10. The Bertz CT molecular complexity index is 522. The van der Waals surface area contributed by atoms with E-state index in [0.717, 1.165) is 27.4 Å². The fourth-order valence-corrected chi connectivity index (χ4v) is 3.08. The second kappa shape index (κ2) is 3.72. The summed E-state index contributed by atoms with van der Waals surface area (Å²) >= 11 is 5.18. The van der Waals surface area contributed by atoms with Gasteiger partial charge in [-0.15, -0.1) is 11.3 Å². The van der Waals surface area contributed by atoms with E-state index in [2.05, 4.69) is 40.4 Å². The Morgan fingerprint density at radius 1 is 1.50 bits per heavy atom. The van der Waals surface area contributed by atoms with Gasteiger partial charge >= 0.3 is 0 Å². The summed E-state index contributed by atoms with van der Waals surface area (Å²) in [5.41, 5.74) is 1.92. The van der Waals surface area contributed by atoms with E-state index in [0.29, 0.717) is 0 Å².